The summed E-state index contributed by atoms with van der Waals surface area (Å²) in [6, 6.07) is 0.832. The van der Waals surface area contributed by atoms with E-state index in [-0.39, 0.29) is 0 Å². The van der Waals surface area contributed by atoms with Gasteiger partial charge in [0.1, 0.15) is 22.4 Å². The van der Waals surface area contributed by atoms with Crippen LogP contribution in [0.5, 0.6) is 0 Å². The van der Waals surface area contributed by atoms with Crippen molar-refractivity contribution in [2.24, 2.45) is 0 Å². The molecule has 0 bridgehead atoms. The van der Waals surface area contributed by atoms with Crippen LogP contribution in [-0.4, -0.2) is 54.1 Å². The molecular weight excluding hydrogens is 318 g/mol. The molecule has 1 saturated heterocycles. The van der Waals surface area contributed by atoms with E-state index in [4.69, 9.17) is 0 Å². The Morgan fingerprint density at radius 2 is 1.85 bits per heavy atom. The molecule has 1 saturated carbocycles. The van der Waals surface area contributed by atoms with Gasteiger partial charge >= 0.3 is 0 Å². The molecule has 3 rings (SSSR count). The molecule has 0 unspecified atom stereocenters. The lowest BCUT2D eigenvalue weighted by Crippen LogP contribution is -2.50. The number of hydrogen-bond donors (Lipinski definition) is 1. The first-order valence-corrected chi connectivity index (χ1v) is 8.26. The Labute approximate surface area is 128 Å². The standard InChI is InChI=1S/C14H22BrN5/c1-16-13-12(15)14(18-10-17-13)20-8-6-19(7-9-20)11-4-2-3-5-11/h10-11H,2-9H2,1H3,(H,16,17,18). The summed E-state index contributed by atoms with van der Waals surface area (Å²) < 4.78 is 0.969. The second kappa shape index (κ2) is 6.26. The maximum Gasteiger partial charge on any atom is 0.148 e. The molecule has 0 spiro atoms. The van der Waals surface area contributed by atoms with Crippen molar-refractivity contribution in [3.63, 3.8) is 0 Å². The van der Waals surface area contributed by atoms with Crippen molar-refractivity contribution < 1.29 is 0 Å². The van der Waals surface area contributed by atoms with Crippen molar-refractivity contribution >= 4 is 27.6 Å². The van der Waals surface area contributed by atoms with Gasteiger partial charge in [-0.05, 0) is 28.8 Å². The fourth-order valence-corrected chi connectivity index (χ4v) is 3.98. The highest BCUT2D eigenvalue weighted by Gasteiger charge is 2.27. The maximum atomic E-state index is 4.44. The fraction of sp³-hybridized carbons (Fsp3) is 0.714. The number of nitrogens with zero attached hydrogens (tertiary/aromatic N) is 4. The Hall–Kier alpha value is -0.880. The molecule has 0 radical (unpaired) electrons. The molecule has 6 heteroatoms. The molecule has 1 aliphatic carbocycles. The minimum absolute atomic E-state index is 0.832. The quantitative estimate of drug-likeness (QED) is 0.915. The zero-order valence-electron chi connectivity index (χ0n) is 12.0. The number of hydrogen-bond acceptors (Lipinski definition) is 5. The topological polar surface area (TPSA) is 44.3 Å². The third kappa shape index (κ3) is 2.76. The third-order valence-electron chi connectivity index (χ3n) is 4.46. The summed E-state index contributed by atoms with van der Waals surface area (Å²) in [5, 5.41) is 3.09. The molecule has 1 aromatic rings. The average Bonchev–Trinajstić information content (AvgIpc) is 3.02. The summed E-state index contributed by atoms with van der Waals surface area (Å²) in [5.74, 6) is 1.86. The second-order valence-electron chi connectivity index (χ2n) is 5.57. The molecule has 2 fully saturated rings. The lowest BCUT2D eigenvalue weighted by Gasteiger charge is -2.38. The van der Waals surface area contributed by atoms with Gasteiger partial charge in [0.2, 0.25) is 0 Å². The Kier molecular flexibility index (Phi) is 4.41. The zero-order chi connectivity index (χ0) is 13.9. The average molecular weight is 340 g/mol. The molecule has 110 valence electrons. The fourth-order valence-electron chi connectivity index (χ4n) is 3.32. The lowest BCUT2D eigenvalue weighted by atomic mass is 10.2. The van der Waals surface area contributed by atoms with E-state index in [2.05, 4.69) is 41.0 Å². The Balaban J connectivity index is 1.65. The normalized spacial score (nSPS) is 21.4. The zero-order valence-corrected chi connectivity index (χ0v) is 13.6. The van der Waals surface area contributed by atoms with Crippen LogP contribution in [0.3, 0.4) is 0 Å². The molecule has 2 aliphatic rings. The molecule has 1 aliphatic heterocycles. The second-order valence-corrected chi connectivity index (χ2v) is 6.36. The highest BCUT2D eigenvalue weighted by molar-refractivity contribution is 9.10. The Morgan fingerprint density at radius 3 is 2.50 bits per heavy atom. The number of aromatic nitrogens is 2. The van der Waals surface area contributed by atoms with Gasteiger partial charge in [0, 0.05) is 39.3 Å². The molecule has 1 N–H and O–H groups in total. The van der Waals surface area contributed by atoms with Crippen LogP contribution in [0.4, 0.5) is 11.6 Å². The molecule has 5 nitrogen and oxygen atoms in total. The Morgan fingerprint density at radius 1 is 1.15 bits per heavy atom. The van der Waals surface area contributed by atoms with E-state index in [1.165, 1.54) is 25.7 Å². The van der Waals surface area contributed by atoms with Gasteiger partial charge in [-0.25, -0.2) is 9.97 Å². The van der Waals surface area contributed by atoms with Gasteiger partial charge < -0.3 is 10.2 Å². The van der Waals surface area contributed by atoms with Crippen LogP contribution in [0.2, 0.25) is 0 Å². The number of anilines is 2. The van der Waals surface area contributed by atoms with E-state index in [0.29, 0.717) is 0 Å². The molecule has 0 amide bonds. The third-order valence-corrected chi connectivity index (χ3v) is 5.19. The van der Waals surface area contributed by atoms with Gasteiger partial charge in [-0.2, -0.15) is 0 Å². The van der Waals surface area contributed by atoms with Gasteiger partial charge in [0.15, 0.2) is 0 Å². The van der Waals surface area contributed by atoms with Gasteiger partial charge in [-0.3, -0.25) is 4.90 Å². The summed E-state index contributed by atoms with van der Waals surface area (Å²) in [4.78, 5) is 13.7. The van der Waals surface area contributed by atoms with Crippen molar-refractivity contribution in [2.75, 3.05) is 43.4 Å². The van der Waals surface area contributed by atoms with Crippen LogP contribution < -0.4 is 10.2 Å². The highest BCUT2D eigenvalue weighted by atomic mass is 79.9. The molecule has 0 atom stereocenters. The number of halogens is 1. The van der Waals surface area contributed by atoms with Crippen LogP contribution in [0, 0.1) is 0 Å². The maximum absolute atomic E-state index is 4.44. The van der Waals surface area contributed by atoms with Crippen LogP contribution >= 0.6 is 15.9 Å². The van der Waals surface area contributed by atoms with E-state index in [0.717, 1.165) is 48.3 Å². The highest BCUT2D eigenvalue weighted by Crippen LogP contribution is 2.31. The molecule has 0 aromatic carbocycles. The molecule has 2 heterocycles. The number of piperazine rings is 1. The molecular formula is C14H22BrN5. The number of rotatable bonds is 3. The monoisotopic (exact) mass is 339 g/mol. The van der Waals surface area contributed by atoms with E-state index in [1.54, 1.807) is 6.33 Å². The summed E-state index contributed by atoms with van der Waals surface area (Å²) in [6.45, 7) is 4.40. The summed E-state index contributed by atoms with van der Waals surface area (Å²) >= 11 is 3.62. The van der Waals surface area contributed by atoms with Crippen molar-refractivity contribution in [1.29, 1.82) is 0 Å². The minimum atomic E-state index is 0.832. The minimum Gasteiger partial charge on any atom is -0.372 e. The van der Waals surface area contributed by atoms with Gasteiger partial charge in [0.05, 0.1) is 0 Å². The van der Waals surface area contributed by atoms with E-state index in [9.17, 15) is 0 Å². The summed E-state index contributed by atoms with van der Waals surface area (Å²) in [5.41, 5.74) is 0. The Bertz CT molecular complexity index is 453. The first kappa shape index (κ1) is 14.1. The van der Waals surface area contributed by atoms with E-state index < -0.39 is 0 Å². The predicted molar refractivity (Wildman–Crippen MR) is 85.3 cm³/mol. The van der Waals surface area contributed by atoms with Gasteiger partial charge in [0.25, 0.3) is 0 Å². The predicted octanol–water partition coefficient (Wildman–Crippen LogP) is 2.35. The molecule has 1 aromatic heterocycles. The first-order chi connectivity index (χ1) is 9.79. The van der Waals surface area contributed by atoms with E-state index in [1.807, 2.05) is 7.05 Å². The van der Waals surface area contributed by atoms with Crippen LogP contribution in [0.25, 0.3) is 0 Å². The van der Waals surface area contributed by atoms with Crippen molar-refractivity contribution in [3.05, 3.63) is 10.8 Å². The van der Waals surface area contributed by atoms with Gasteiger partial charge in [-0.15, -0.1) is 0 Å². The largest absolute Gasteiger partial charge is 0.372 e. The van der Waals surface area contributed by atoms with Crippen molar-refractivity contribution in [2.45, 2.75) is 31.7 Å². The molecule has 20 heavy (non-hydrogen) atoms. The van der Waals surface area contributed by atoms with E-state index >= 15 is 0 Å². The number of nitrogens with one attached hydrogen (secondary N) is 1. The lowest BCUT2D eigenvalue weighted by molar-refractivity contribution is 0.187. The SMILES string of the molecule is CNc1ncnc(N2CCN(C3CCCC3)CC2)c1Br. The van der Waals surface area contributed by atoms with Gasteiger partial charge in [-0.1, -0.05) is 12.8 Å². The smallest absolute Gasteiger partial charge is 0.148 e. The van der Waals surface area contributed by atoms with Crippen molar-refractivity contribution in [3.8, 4) is 0 Å². The first-order valence-electron chi connectivity index (χ1n) is 7.47. The van der Waals surface area contributed by atoms with Crippen LogP contribution in [-0.2, 0) is 0 Å². The van der Waals surface area contributed by atoms with Crippen LogP contribution in [0.1, 0.15) is 25.7 Å². The van der Waals surface area contributed by atoms with Crippen molar-refractivity contribution in [1.82, 2.24) is 14.9 Å². The summed E-state index contributed by atoms with van der Waals surface area (Å²) in [7, 11) is 1.88. The summed E-state index contributed by atoms with van der Waals surface area (Å²) in [6.07, 6.45) is 7.24. The van der Waals surface area contributed by atoms with Crippen LogP contribution in [0.15, 0.2) is 10.8 Å².